The zero-order valence-corrected chi connectivity index (χ0v) is 13.2. The van der Waals surface area contributed by atoms with Gasteiger partial charge in [-0.1, -0.05) is 12.1 Å². The van der Waals surface area contributed by atoms with E-state index in [4.69, 9.17) is 4.74 Å². The zero-order chi connectivity index (χ0) is 16.2. The molecule has 0 saturated carbocycles. The van der Waals surface area contributed by atoms with E-state index in [0.29, 0.717) is 24.5 Å². The highest BCUT2D eigenvalue weighted by atomic mass is 16.5. The highest BCUT2D eigenvalue weighted by molar-refractivity contribution is 5.94. The number of fused-ring (bicyclic) bond motifs is 1. The summed E-state index contributed by atoms with van der Waals surface area (Å²) in [5, 5.41) is 2.89. The van der Waals surface area contributed by atoms with Crippen molar-refractivity contribution < 1.29 is 9.53 Å². The molecule has 0 atom stereocenters. The van der Waals surface area contributed by atoms with Crippen molar-refractivity contribution in [3.63, 3.8) is 0 Å². The van der Waals surface area contributed by atoms with Crippen LogP contribution in [0.25, 0.3) is 5.65 Å². The molecule has 23 heavy (non-hydrogen) atoms. The maximum Gasteiger partial charge on any atom is 0.251 e. The smallest absolute Gasteiger partial charge is 0.251 e. The number of nitrogens with one attached hydrogen (secondary N) is 1. The summed E-state index contributed by atoms with van der Waals surface area (Å²) in [6.45, 7) is 4.91. The Kier molecular flexibility index (Phi) is 4.28. The third-order valence-electron chi connectivity index (χ3n) is 3.49. The Morgan fingerprint density at radius 1 is 1.26 bits per heavy atom. The first-order valence-electron chi connectivity index (χ1n) is 7.61. The third-order valence-corrected chi connectivity index (χ3v) is 3.49. The molecule has 0 bridgehead atoms. The Balaban J connectivity index is 1.69. The lowest BCUT2D eigenvalue weighted by atomic mass is 10.2. The van der Waals surface area contributed by atoms with Crippen molar-refractivity contribution in [2.75, 3.05) is 6.61 Å². The molecule has 1 amide bonds. The zero-order valence-electron chi connectivity index (χ0n) is 13.2. The molecule has 2 aromatic heterocycles. The van der Waals surface area contributed by atoms with E-state index in [0.717, 1.165) is 11.3 Å². The molecule has 2 heterocycles. The van der Waals surface area contributed by atoms with Gasteiger partial charge in [-0.15, -0.1) is 0 Å². The molecule has 0 aliphatic rings. The first kappa shape index (κ1) is 15.1. The van der Waals surface area contributed by atoms with Crippen LogP contribution in [-0.4, -0.2) is 21.9 Å². The van der Waals surface area contributed by atoms with E-state index in [1.165, 1.54) is 5.56 Å². The summed E-state index contributed by atoms with van der Waals surface area (Å²) in [6.07, 6.45) is 3.94. The van der Waals surface area contributed by atoms with E-state index in [9.17, 15) is 4.79 Å². The van der Waals surface area contributed by atoms with Crippen molar-refractivity contribution >= 4 is 11.6 Å². The standard InChI is InChI=1S/C18H19N3O2/c1-3-23-16-6-4-5-14(9-16)18(22)19-10-15-12-21-11-13(2)7-8-17(21)20-15/h4-9,11-12H,3,10H2,1-2H3,(H,19,22). The fourth-order valence-corrected chi connectivity index (χ4v) is 2.41. The average Bonchev–Trinajstić information content (AvgIpc) is 2.95. The van der Waals surface area contributed by atoms with Gasteiger partial charge in [0.2, 0.25) is 0 Å². The average molecular weight is 309 g/mol. The van der Waals surface area contributed by atoms with Crippen molar-refractivity contribution in [1.82, 2.24) is 14.7 Å². The van der Waals surface area contributed by atoms with Crippen molar-refractivity contribution in [3.8, 4) is 5.75 Å². The normalized spacial score (nSPS) is 10.7. The first-order valence-corrected chi connectivity index (χ1v) is 7.61. The van der Waals surface area contributed by atoms with Crippen LogP contribution >= 0.6 is 0 Å². The van der Waals surface area contributed by atoms with Gasteiger partial charge in [0.25, 0.3) is 5.91 Å². The largest absolute Gasteiger partial charge is 0.494 e. The van der Waals surface area contributed by atoms with Gasteiger partial charge in [-0.2, -0.15) is 0 Å². The lowest BCUT2D eigenvalue weighted by Crippen LogP contribution is -2.22. The quantitative estimate of drug-likeness (QED) is 0.788. The molecule has 5 nitrogen and oxygen atoms in total. The van der Waals surface area contributed by atoms with Gasteiger partial charge in [-0.25, -0.2) is 4.98 Å². The number of rotatable bonds is 5. The Labute approximate surface area is 134 Å². The SMILES string of the molecule is CCOc1cccc(C(=O)NCc2cn3cc(C)ccc3n2)c1. The van der Waals surface area contributed by atoms with Gasteiger partial charge in [-0.3, -0.25) is 4.79 Å². The molecule has 1 N–H and O–H groups in total. The van der Waals surface area contributed by atoms with E-state index in [1.807, 2.05) is 54.9 Å². The number of hydrogen-bond acceptors (Lipinski definition) is 3. The maximum atomic E-state index is 12.2. The topological polar surface area (TPSA) is 55.6 Å². The summed E-state index contributed by atoms with van der Waals surface area (Å²) in [4.78, 5) is 16.7. The number of hydrogen-bond donors (Lipinski definition) is 1. The highest BCUT2D eigenvalue weighted by Crippen LogP contribution is 2.13. The number of amides is 1. The molecule has 0 aliphatic heterocycles. The minimum absolute atomic E-state index is 0.139. The maximum absolute atomic E-state index is 12.2. The second-order valence-electron chi connectivity index (χ2n) is 5.35. The monoisotopic (exact) mass is 309 g/mol. The summed E-state index contributed by atoms with van der Waals surface area (Å²) >= 11 is 0. The van der Waals surface area contributed by atoms with Crippen molar-refractivity contribution in [3.05, 3.63) is 65.6 Å². The molecule has 5 heteroatoms. The van der Waals surface area contributed by atoms with Crippen molar-refractivity contribution in [2.24, 2.45) is 0 Å². The Morgan fingerprint density at radius 3 is 2.96 bits per heavy atom. The number of carbonyl (C=O) groups excluding carboxylic acids is 1. The summed E-state index contributed by atoms with van der Waals surface area (Å²) in [6, 6.07) is 11.1. The fourth-order valence-electron chi connectivity index (χ4n) is 2.41. The number of imidazole rings is 1. The molecule has 118 valence electrons. The molecular weight excluding hydrogens is 290 g/mol. The van der Waals surface area contributed by atoms with Gasteiger partial charge < -0.3 is 14.5 Å². The second kappa shape index (κ2) is 6.52. The van der Waals surface area contributed by atoms with Crippen LogP contribution in [0.1, 0.15) is 28.5 Å². The predicted octanol–water partition coefficient (Wildman–Crippen LogP) is 2.97. The third kappa shape index (κ3) is 3.51. The molecule has 0 fully saturated rings. The molecule has 3 rings (SSSR count). The number of benzene rings is 1. The molecule has 0 spiro atoms. The van der Waals surface area contributed by atoms with Crippen molar-refractivity contribution in [1.29, 1.82) is 0 Å². The molecule has 0 unspecified atom stereocenters. The van der Waals surface area contributed by atoms with E-state index in [-0.39, 0.29) is 5.91 Å². The number of aromatic nitrogens is 2. The van der Waals surface area contributed by atoms with Crippen LogP contribution in [0, 0.1) is 6.92 Å². The summed E-state index contributed by atoms with van der Waals surface area (Å²) in [5.41, 5.74) is 3.44. The van der Waals surface area contributed by atoms with Crippen LogP contribution < -0.4 is 10.1 Å². The van der Waals surface area contributed by atoms with Crippen LogP contribution in [0.15, 0.2) is 48.8 Å². The number of aryl methyl sites for hydroxylation is 1. The minimum Gasteiger partial charge on any atom is -0.494 e. The number of ether oxygens (including phenoxy) is 1. The molecular formula is C18H19N3O2. The van der Waals surface area contributed by atoms with Crippen LogP contribution in [0.2, 0.25) is 0 Å². The molecule has 0 aliphatic carbocycles. The Hall–Kier alpha value is -2.82. The van der Waals surface area contributed by atoms with Gasteiger partial charge >= 0.3 is 0 Å². The van der Waals surface area contributed by atoms with Gasteiger partial charge in [0, 0.05) is 18.0 Å². The van der Waals surface area contributed by atoms with E-state index in [1.54, 1.807) is 12.1 Å². The summed E-state index contributed by atoms with van der Waals surface area (Å²) in [7, 11) is 0. The van der Waals surface area contributed by atoms with Gasteiger partial charge in [0.15, 0.2) is 0 Å². The van der Waals surface area contributed by atoms with E-state index >= 15 is 0 Å². The van der Waals surface area contributed by atoms with Gasteiger partial charge in [0.1, 0.15) is 11.4 Å². The Morgan fingerprint density at radius 2 is 2.13 bits per heavy atom. The lowest BCUT2D eigenvalue weighted by Gasteiger charge is -2.06. The fraction of sp³-hybridized carbons (Fsp3) is 0.222. The first-order chi connectivity index (χ1) is 11.2. The lowest BCUT2D eigenvalue weighted by molar-refractivity contribution is 0.0950. The van der Waals surface area contributed by atoms with E-state index in [2.05, 4.69) is 10.3 Å². The molecule has 0 saturated heterocycles. The minimum atomic E-state index is -0.139. The van der Waals surface area contributed by atoms with Crippen molar-refractivity contribution in [2.45, 2.75) is 20.4 Å². The number of carbonyl (C=O) groups is 1. The van der Waals surface area contributed by atoms with E-state index < -0.39 is 0 Å². The predicted molar refractivity (Wildman–Crippen MR) is 88.7 cm³/mol. The van der Waals surface area contributed by atoms with Gasteiger partial charge in [0.05, 0.1) is 18.8 Å². The summed E-state index contributed by atoms with van der Waals surface area (Å²) < 4.78 is 7.38. The van der Waals surface area contributed by atoms with Crippen LogP contribution in [0.4, 0.5) is 0 Å². The molecule has 3 aromatic rings. The van der Waals surface area contributed by atoms with Crippen LogP contribution in [0.5, 0.6) is 5.75 Å². The van der Waals surface area contributed by atoms with Gasteiger partial charge in [-0.05, 0) is 43.7 Å². The number of pyridine rings is 1. The Bertz CT molecular complexity index is 839. The summed E-state index contributed by atoms with van der Waals surface area (Å²) in [5.74, 6) is 0.558. The number of nitrogens with zero attached hydrogens (tertiary/aromatic N) is 2. The second-order valence-corrected chi connectivity index (χ2v) is 5.35. The highest BCUT2D eigenvalue weighted by Gasteiger charge is 2.08. The molecule has 1 aromatic carbocycles. The van der Waals surface area contributed by atoms with Crippen LogP contribution in [0.3, 0.4) is 0 Å². The van der Waals surface area contributed by atoms with Crippen LogP contribution in [-0.2, 0) is 6.54 Å². The molecule has 0 radical (unpaired) electrons.